The van der Waals surface area contributed by atoms with Crippen molar-refractivity contribution in [2.75, 3.05) is 0 Å². The quantitative estimate of drug-likeness (QED) is 0.602. The molecule has 4 nitrogen and oxygen atoms in total. The van der Waals surface area contributed by atoms with Crippen molar-refractivity contribution in [2.24, 2.45) is 0 Å². The van der Waals surface area contributed by atoms with Gasteiger partial charge in [0, 0.05) is 17.1 Å². The maximum Gasteiger partial charge on any atom is 0.377 e. The fourth-order valence-electron chi connectivity index (χ4n) is 1.37. The first-order chi connectivity index (χ1) is 7.70. The fourth-order valence-corrected chi connectivity index (χ4v) is 1.37. The van der Waals surface area contributed by atoms with Gasteiger partial charge in [-0.05, 0) is 6.07 Å². The lowest BCUT2D eigenvalue weighted by Gasteiger charge is -1.92. The molecule has 0 fully saturated rings. The molecule has 16 heavy (non-hydrogen) atoms. The van der Waals surface area contributed by atoms with E-state index in [1.165, 1.54) is 6.20 Å². The van der Waals surface area contributed by atoms with Crippen LogP contribution in [0.25, 0.3) is 10.9 Å². The zero-order valence-corrected chi connectivity index (χ0v) is 9.15. The van der Waals surface area contributed by atoms with Crippen LogP contribution in [0, 0.1) is 0 Å². The van der Waals surface area contributed by atoms with Gasteiger partial charge in [0.15, 0.2) is 0 Å². The van der Waals surface area contributed by atoms with Gasteiger partial charge in [-0.3, -0.25) is 4.79 Å². The van der Waals surface area contributed by atoms with Gasteiger partial charge in [0.25, 0.3) is 5.78 Å². The number of aliphatic carboxylic acids is 1. The summed E-state index contributed by atoms with van der Waals surface area (Å²) in [4.78, 5) is 24.5. The molecule has 0 amide bonds. The summed E-state index contributed by atoms with van der Waals surface area (Å²) in [6, 6.07) is 7.07. The Morgan fingerprint density at radius 2 is 1.81 bits per heavy atom. The lowest BCUT2D eigenvalue weighted by molar-refractivity contribution is -0.131. The third-order valence-corrected chi connectivity index (χ3v) is 2.03. The Balaban J connectivity index is 0.000000606. The number of Topliss-reactive ketones (excluding diaryl/α,β-unsaturated/α-hetero) is 1. The number of H-pyrrole nitrogens is 1. The van der Waals surface area contributed by atoms with Crippen molar-refractivity contribution in [2.45, 2.75) is 13.8 Å². The number of aromatic nitrogens is 1. The molecule has 0 aliphatic heterocycles. The number of carboxylic acids is 1. The van der Waals surface area contributed by atoms with E-state index in [4.69, 9.17) is 5.11 Å². The molecule has 4 heteroatoms. The highest BCUT2D eigenvalue weighted by Gasteiger charge is 2.17. The molecular weight excluding hydrogens is 206 g/mol. The highest BCUT2D eigenvalue weighted by atomic mass is 16.4. The number of nitrogens with one attached hydrogen (secondary N) is 1. The van der Waals surface area contributed by atoms with Gasteiger partial charge in [0.1, 0.15) is 0 Å². The Kier molecular flexibility index (Phi) is 3.83. The van der Waals surface area contributed by atoms with Crippen LogP contribution >= 0.6 is 0 Å². The second-order valence-electron chi connectivity index (χ2n) is 2.88. The Hall–Kier alpha value is -2.10. The van der Waals surface area contributed by atoms with Crippen LogP contribution in [-0.2, 0) is 4.79 Å². The van der Waals surface area contributed by atoms with Gasteiger partial charge >= 0.3 is 5.97 Å². The minimum atomic E-state index is -1.44. The summed E-state index contributed by atoms with van der Waals surface area (Å²) in [5, 5.41) is 9.19. The Bertz CT molecular complexity index is 514. The van der Waals surface area contributed by atoms with Crippen molar-refractivity contribution in [3.63, 3.8) is 0 Å². The topological polar surface area (TPSA) is 70.2 Å². The van der Waals surface area contributed by atoms with Gasteiger partial charge in [0.2, 0.25) is 0 Å². The smallest absolute Gasteiger partial charge is 0.377 e. The fraction of sp³-hybridized carbons (Fsp3) is 0.167. The van der Waals surface area contributed by atoms with Crippen LogP contribution in [0.1, 0.15) is 24.2 Å². The van der Waals surface area contributed by atoms with E-state index >= 15 is 0 Å². The van der Waals surface area contributed by atoms with Crippen molar-refractivity contribution in [1.29, 1.82) is 0 Å². The maximum absolute atomic E-state index is 11.2. The van der Waals surface area contributed by atoms with Crippen molar-refractivity contribution >= 4 is 22.7 Å². The summed E-state index contributed by atoms with van der Waals surface area (Å²) in [6.45, 7) is 4.00. The van der Waals surface area contributed by atoms with E-state index in [1.54, 1.807) is 18.2 Å². The molecule has 0 atom stereocenters. The molecular formula is C12H13NO3. The van der Waals surface area contributed by atoms with E-state index in [2.05, 4.69) is 4.98 Å². The number of fused-ring (bicyclic) bond motifs is 1. The van der Waals surface area contributed by atoms with Gasteiger partial charge < -0.3 is 10.1 Å². The number of hydrogen-bond donors (Lipinski definition) is 2. The zero-order chi connectivity index (χ0) is 12.1. The van der Waals surface area contributed by atoms with E-state index in [0.717, 1.165) is 5.52 Å². The molecule has 0 bridgehead atoms. The minimum absolute atomic E-state index is 0.202. The molecule has 1 aromatic carbocycles. The number of carbonyl (C=O) groups is 2. The summed E-state index contributed by atoms with van der Waals surface area (Å²) in [6.07, 6.45) is 1.42. The first-order valence-corrected chi connectivity index (χ1v) is 5.04. The first-order valence-electron chi connectivity index (χ1n) is 5.04. The van der Waals surface area contributed by atoms with E-state index in [9.17, 15) is 9.59 Å². The van der Waals surface area contributed by atoms with E-state index in [0.29, 0.717) is 5.39 Å². The molecule has 0 radical (unpaired) electrons. The van der Waals surface area contributed by atoms with Crippen molar-refractivity contribution in [3.05, 3.63) is 36.0 Å². The Labute approximate surface area is 92.9 Å². The average Bonchev–Trinajstić information content (AvgIpc) is 2.74. The summed E-state index contributed by atoms with van der Waals surface area (Å²) < 4.78 is 0. The van der Waals surface area contributed by atoms with E-state index in [1.807, 2.05) is 19.9 Å². The van der Waals surface area contributed by atoms with Crippen LogP contribution < -0.4 is 0 Å². The van der Waals surface area contributed by atoms with Crippen LogP contribution in [0.15, 0.2) is 30.5 Å². The third-order valence-electron chi connectivity index (χ3n) is 2.03. The molecule has 2 rings (SSSR count). The number of ketones is 1. The molecule has 0 aliphatic rings. The minimum Gasteiger partial charge on any atom is -0.475 e. The number of aromatic amines is 1. The van der Waals surface area contributed by atoms with Crippen molar-refractivity contribution < 1.29 is 14.7 Å². The molecule has 0 saturated heterocycles. The maximum atomic E-state index is 11.2. The first kappa shape index (κ1) is 12.0. The van der Waals surface area contributed by atoms with Gasteiger partial charge in [-0.25, -0.2) is 4.79 Å². The Morgan fingerprint density at radius 1 is 1.19 bits per heavy atom. The SMILES string of the molecule is CC.O=C(O)C(=O)c1c[nH]c2ccccc12. The molecule has 0 spiro atoms. The Morgan fingerprint density at radius 3 is 2.44 bits per heavy atom. The van der Waals surface area contributed by atoms with E-state index in [-0.39, 0.29) is 5.56 Å². The molecule has 0 unspecified atom stereocenters. The molecule has 2 aromatic rings. The number of rotatable bonds is 2. The van der Waals surface area contributed by atoms with Crippen LogP contribution in [-0.4, -0.2) is 21.8 Å². The molecule has 1 aromatic heterocycles. The van der Waals surface area contributed by atoms with Crippen LogP contribution in [0.2, 0.25) is 0 Å². The second-order valence-corrected chi connectivity index (χ2v) is 2.88. The molecule has 84 valence electrons. The summed E-state index contributed by atoms with van der Waals surface area (Å²) in [5.74, 6) is -2.32. The highest BCUT2D eigenvalue weighted by molar-refractivity contribution is 6.42. The average molecular weight is 219 g/mol. The van der Waals surface area contributed by atoms with Crippen molar-refractivity contribution in [1.82, 2.24) is 4.98 Å². The number of para-hydroxylation sites is 1. The lowest BCUT2D eigenvalue weighted by Crippen LogP contribution is -2.11. The molecule has 0 saturated carbocycles. The second kappa shape index (κ2) is 5.11. The summed E-state index contributed by atoms with van der Waals surface area (Å²) in [7, 11) is 0. The molecule has 2 N–H and O–H groups in total. The number of hydrogen-bond acceptors (Lipinski definition) is 2. The zero-order valence-electron chi connectivity index (χ0n) is 9.15. The molecule has 1 heterocycles. The van der Waals surface area contributed by atoms with Gasteiger partial charge in [-0.15, -0.1) is 0 Å². The van der Waals surface area contributed by atoms with Gasteiger partial charge in [-0.2, -0.15) is 0 Å². The highest BCUT2D eigenvalue weighted by Crippen LogP contribution is 2.17. The third kappa shape index (κ3) is 2.11. The predicted octanol–water partition coefficient (Wildman–Crippen LogP) is 2.46. The number of carbonyl (C=O) groups excluding carboxylic acids is 1. The van der Waals surface area contributed by atoms with Crippen molar-refractivity contribution in [3.8, 4) is 0 Å². The molecule has 0 aliphatic carbocycles. The number of benzene rings is 1. The normalized spacial score (nSPS) is 9.38. The van der Waals surface area contributed by atoms with Gasteiger partial charge in [0.05, 0.1) is 5.56 Å². The van der Waals surface area contributed by atoms with Crippen LogP contribution in [0.3, 0.4) is 0 Å². The predicted molar refractivity (Wildman–Crippen MR) is 61.6 cm³/mol. The number of carboxylic acid groups (broad SMARTS) is 1. The lowest BCUT2D eigenvalue weighted by atomic mass is 10.1. The largest absolute Gasteiger partial charge is 0.475 e. The van der Waals surface area contributed by atoms with Crippen LogP contribution in [0.4, 0.5) is 0 Å². The van der Waals surface area contributed by atoms with Gasteiger partial charge in [-0.1, -0.05) is 32.0 Å². The monoisotopic (exact) mass is 219 g/mol. The standard InChI is InChI=1S/C10H7NO3.C2H6/c12-9(10(13)14)7-5-11-8-4-2-1-3-6(7)8;1-2/h1-5,11H,(H,13,14);1-2H3. The summed E-state index contributed by atoms with van der Waals surface area (Å²) in [5.41, 5.74) is 0.963. The van der Waals surface area contributed by atoms with Crippen LogP contribution in [0.5, 0.6) is 0 Å². The van der Waals surface area contributed by atoms with E-state index < -0.39 is 11.8 Å². The summed E-state index contributed by atoms with van der Waals surface area (Å²) >= 11 is 0.